The zero-order valence-electron chi connectivity index (χ0n) is 17.6. The molecule has 0 atom stereocenters. The molecule has 166 valence electrons. The highest BCUT2D eigenvalue weighted by molar-refractivity contribution is 8.00. The highest BCUT2D eigenvalue weighted by atomic mass is 32.2. The van der Waals surface area contributed by atoms with Gasteiger partial charge < -0.3 is 10.1 Å². The zero-order valence-corrected chi connectivity index (χ0v) is 20.1. The molecule has 0 spiro atoms. The highest BCUT2D eigenvalue weighted by Crippen LogP contribution is 2.32. The maximum atomic E-state index is 12.5. The van der Waals surface area contributed by atoms with E-state index in [1.54, 1.807) is 12.1 Å². The first-order chi connectivity index (χ1) is 16.1. The Labute approximate surface area is 203 Å². The van der Waals surface area contributed by atoms with Crippen molar-refractivity contribution in [2.45, 2.75) is 23.4 Å². The summed E-state index contributed by atoms with van der Waals surface area (Å²) in [5.41, 5.74) is 3.34. The highest BCUT2D eigenvalue weighted by Gasteiger charge is 2.14. The molecule has 0 bridgehead atoms. The van der Waals surface area contributed by atoms with Gasteiger partial charge in [-0.05, 0) is 36.8 Å². The molecule has 1 N–H and O–H groups in total. The average molecular weight is 494 g/mol. The van der Waals surface area contributed by atoms with Crippen molar-refractivity contribution in [2.24, 2.45) is 0 Å². The van der Waals surface area contributed by atoms with Gasteiger partial charge in [-0.2, -0.15) is 5.26 Å². The third-order valence-corrected chi connectivity index (χ3v) is 7.38. The fourth-order valence-electron chi connectivity index (χ4n) is 2.90. The molecule has 2 aromatic carbocycles. The van der Waals surface area contributed by atoms with Crippen LogP contribution in [0.25, 0.3) is 10.6 Å². The second kappa shape index (κ2) is 11.0. The number of para-hydroxylation sites is 1. The molecular weight excluding hydrogens is 474 g/mol. The van der Waals surface area contributed by atoms with Crippen LogP contribution < -0.4 is 10.1 Å². The van der Waals surface area contributed by atoms with Gasteiger partial charge in [-0.15, -0.1) is 21.5 Å². The first kappa shape index (κ1) is 22.9. The normalized spacial score (nSPS) is 10.5. The van der Waals surface area contributed by atoms with E-state index < -0.39 is 0 Å². The van der Waals surface area contributed by atoms with Crippen LogP contribution in [0, 0.1) is 11.3 Å². The second-order valence-electron chi connectivity index (χ2n) is 6.77. The smallest absolute Gasteiger partial charge is 0.232 e. The molecule has 10 heteroatoms. The Kier molecular flexibility index (Phi) is 7.67. The molecule has 4 aromatic rings. The van der Waals surface area contributed by atoms with E-state index in [1.807, 2.05) is 48.7 Å². The molecular formula is C23H19N5O2S3. The minimum absolute atomic E-state index is 0.153. The molecule has 0 unspecified atom stereocenters. The standard InChI is InChI=1S/C23H19N5O2S3/c1-2-30-19-6-4-3-5-18(19)21-25-17(14-31-21)11-20(29)26-22-27-28-23(33-22)32-13-16-9-7-15(12-24)8-10-16/h3-10,14H,2,11,13H2,1H3,(H,26,27,29). The molecule has 4 rings (SSSR count). The molecule has 0 saturated carbocycles. The lowest BCUT2D eigenvalue weighted by Crippen LogP contribution is -2.14. The molecule has 2 aromatic heterocycles. The van der Waals surface area contributed by atoms with Crippen LogP contribution in [-0.2, 0) is 17.0 Å². The number of nitriles is 1. The third kappa shape index (κ3) is 6.16. The Morgan fingerprint density at radius 3 is 2.79 bits per heavy atom. The van der Waals surface area contributed by atoms with Gasteiger partial charge in [-0.3, -0.25) is 4.79 Å². The van der Waals surface area contributed by atoms with Gasteiger partial charge in [0.25, 0.3) is 0 Å². The summed E-state index contributed by atoms with van der Waals surface area (Å²) in [4.78, 5) is 17.1. The van der Waals surface area contributed by atoms with E-state index in [-0.39, 0.29) is 12.3 Å². The lowest BCUT2D eigenvalue weighted by molar-refractivity contribution is -0.115. The fourth-order valence-corrected chi connectivity index (χ4v) is 5.48. The number of rotatable bonds is 9. The predicted octanol–water partition coefficient (Wildman–Crippen LogP) is 5.41. The van der Waals surface area contributed by atoms with Crippen molar-refractivity contribution >= 4 is 45.5 Å². The van der Waals surface area contributed by atoms with E-state index in [2.05, 4.69) is 26.6 Å². The van der Waals surface area contributed by atoms with Crippen molar-refractivity contribution < 1.29 is 9.53 Å². The van der Waals surface area contributed by atoms with Crippen LogP contribution in [0.1, 0.15) is 23.7 Å². The maximum Gasteiger partial charge on any atom is 0.232 e. The molecule has 0 aliphatic rings. The SMILES string of the molecule is CCOc1ccccc1-c1nc(CC(=O)Nc2nnc(SCc3ccc(C#N)cc3)s2)cs1. The number of hydrogen-bond donors (Lipinski definition) is 1. The van der Waals surface area contributed by atoms with Crippen LogP contribution in [0.5, 0.6) is 5.75 Å². The number of amides is 1. The number of thiazole rings is 1. The van der Waals surface area contributed by atoms with Gasteiger partial charge in [-0.25, -0.2) is 4.98 Å². The summed E-state index contributed by atoms with van der Waals surface area (Å²) in [5, 5.41) is 23.0. The van der Waals surface area contributed by atoms with Gasteiger partial charge in [-0.1, -0.05) is 47.4 Å². The first-order valence-electron chi connectivity index (χ1n) is 10.1. The van der Waals surface area contributed by atoms with Crippen molar-refractivity contribution in [3.05, 3.63) is 70.7 Å². The van der Waals surface area contributed by atoms with Crippen LogP contribution >= 0.6 is 34.4 Å². The molecule has 0 aliphatic heterocycles. The lowest BCUT2D eigenvalue weighted by atomic mass is 10.2. The number of thioether (sulfide) groups is 1. The van der Waals surface area contributed by atoms with Crippen LogP contribution in [0.2, 0.25) is 0 Å². The van der Waals surface area contributed by atoms with Crippen molar-refractivity contribution in [3.63, 3.8) is 0 Å². The van der Waals surface area contributed by atoms with E-state index in [0.29, 0.717) is 28.7 Å². The van der Waals surface area contributed by atoms with E-state index in [4.69, 9.17) is 10.00 Å². The minimum atomic E-state index is -0.190. The summed E-state index contributed by atoms with van der Waals surface area (Å²) in [6.07, 6.45) is 0.153. The summed E-state index contributed by atoms with van der Waals surface area (Å²) >= 11 is 4.35. The summed E-state index contributed by atoms with van der Waals surface area (Å²) < 4.78 is 6.44. The fraction of sp³-hybridized carbons (Fsp3) is 0.174. The molecule has 0 saturated heterocycles. The van der Waals surface area contributed by atoms with Crippen LogP contribution in [0.3, 0.4) is 0 Å². The Morgan fingerprint density at radius 2 is 2.00 bits per heavy atom. The molecule has 0 radical (unpaired) electrons. The number of ether oxygens (including phenoxy) is 1. The predicted molar refractivity (Wildman–Crippen MR) is 132 cm³/mol. The van der Waals surface area contributed by atoms with Gasteiger partial charge in [0.05, 0.1) is 35.9 Å². The van der Waals surface area contributed by atoms with E-state index in [9.17, 15) is 4.79 Å². The first-order valence-corrected chi connectivity index (χ1v) is 12.7. The largest absolute Gasteiger partial charge is 0.493 e. The topological polar surface area (TPSA) is 101 Å². The summed E-state index contributed by atoms with van der Waals surface area (Å²) in [5.74, 6) is 1.30. The van der Waals surface area contributed by atoms with Crippen LogP contribution in [0.15, 0.2) is 58.3 Å². The summed E-state index contributed by atoms with van der Waals surface area (Å²) in [7, 11) is 0. The molecule has 7 nitrogen and oxygen atoms in total. The monoisotopic (exact) mass is 493 g/mol. The van der Waals surface area contributed by atoms with E-state index in [1.165, 1.54) is 34.4 Å². The Balaban J connectivity index is 1.32. The maximum absolute atomic E-state index is 12.5. The number of anilines is 1. The molecule has 1 amide bonds. The van der Waals surface area contributed by atoms with E-state index >= 15 is 0 Å². The van der Waals surface area contributed by atoms with Gasteiger partial charge in [0.15, 0.2) is 4.34 Å². The zero-order chi connectivity index (χ0) is 23.0. The number of benzene rings is 2. The van der Waals surface area contributed by atoms with E-state index in [0.717, 1.165) is 26.2 Å². The van der Waals surface area contributed by atoms with Gasteiger partial charge in [0.1, 0.15) is 10.8 Å². The molecule has 0 aliphatic carbocycles. The molecule has 2 heterocycles. The average Bonchev–Trinajstić information content (AvgIpc) is 3.48. The lowest BCUT2D eigenvalue weighted by Gasteiger charge is -2.07. The quantitative estimate of drug-likeness (QED) is 0.246. The number of aromatic nitrogens is 3. The number of carbonyl (C=O) groups is 1. The van der Waals surface area contributed by atoms with Crippen molar-refractivity contribution in [2.75, 3.05) is 11.9 Å². The third-order valence-electron chi connectivity index (χ3n) is 4.41. The Bertz CT molecular complexity index is 1280. The van der Waals surface area contributed by atoms with Crippen molar-refractivity contribution in [3.8, 4) is 22.4 Å². The summed E-state index contributed by atoms with van der Waals surface area (Å²) in [6.45, 7) is 2.52. The molecule has 33 heavy (non-hydrogen) atoms. The van der Waals surface area contributed by atoms with Gasteiger partial charge in [0, 0.05) is 11.1 Å². The number of nitrogens with one attached hydrogen (secondary N) is 1. The number of carbonyl (C=O) groups excluding carboxylic acids is 1. The minimum Gasteiger partial charge on any atom is -0.493 e. The van der Waals surface area contributed by atoms with Crippen molar-refractivity contribution in [1.82, 2.24) is 15.2 Å². The van der Waals surface area contributed by atoms with Crippen LogP contribution in [-0.4, -0.2) is 27.7 Å². The molecule has 0 fully saturated rings. The van der Waals surface area contributed by atoms with Gasteiger partial charge >= 0.3 is 0 Å². The second-order valence-corrected chi connectivity index (χ2v) is 9.83. The Morgan fingerprint density at radius 1 is 1.18 bits per heavy atom. The van der Waals surface area contributed by atoms with Crippen molar-refractivity contribution in [1.29, 1.82) is 5.26 Å². The van der Waals surface area contributed by atoms with Gasteiger partial charge in [0.2, 0.25) is 11.0 Å². The number of nitrogens with zero attached hydrogens (tertiary/aromatic N) is 4. The number of hydrogen-bond acceptors (Lipinski definition) is 9. The van der Waals surface area contributed by atoms with Crippen LogP contribution in [0.4, 0.5) is 5.13 Å². The Hall–Kier alpha value is -3.26. The summed E-state index contributed by atoms with van der Waals surface area (Å²) in [6, 6.07) is 17.3.